The monoisotopic (exact) mass is 274 g/mol. The molecule has 0 amide bonds. The van der Waals surface area contributed by atoms with Crippen LogP contribution >= 0.6 is 0 Å². The fourth-order valence-electron chi connectivity index (χ4n) is 3.68. The lowest BCUT2D eigenvalue weighted by Gasteiger charge is -2.42. The molecule has 0 bridgehead atoms. The van der Waals surface area contributed by atoms with E-state index in [2.05, 4.69) is 30.0 Å². The molecule has 3 nitrogen and oxygen atoms in total. The lowest BCUT2D eigenvalue weighted by Crippen LogP contribution is -2.49. The Morgan fingerprint density at radius 3 is 2.90 bits per heavy atom. The largest absolute Gasteiger partial charge is 0.497 e. The summed E-state index contributed by atoms with van der Waals surface area (Å²) in [6.45, 7) is 4.50. The second kappa shape index (κ2) is 5.74. The molecule has 1 aliphatic heterocycles. The first-order chi connectivity index (χ1) is 9.69. The van der Waals surface area contributed by atoms with Gasteiger partial charge in [0, 0.05) is 18.6 Å². The molecule has 0 saturated carbocycles. The smallest absolute Gasteiger partial charge is 0.119 e. The number of piperidine rings is 1. The van der Waals surface area contributed by atoms with Gasteiger partial charge in [-0.25, -0.2) is 0 Å². The highest BCUT2D eigenvalue weighted by Crippen LogP contribution is 2.37. The number of hydrogen-bond acceptors (Lipinski definition) is 3. The van der Waals surface area contributed by atoms with Crippen molar-refractivity contribution in [2.45, 2.75) is 44.7 Å². The van der Waals surface area contributed by atoms with E-state index in [0.717, 1.165) is 12.3 Å². The summed E-state index contributed by atoms with van der Waals surface area (Å²) in [7, 11) is 1.74. The van der Waals surface area contributed by atoms with Crippen LogP contribution in [0.1, 0.15) is 43.4 Å². The molecular formula is C17H26N2O. The highest BCUT2D eigenvalue weighted by atomic mass is 16.5. The zero-order valence-corrected chi connectivity index (χ0v) is 12.6. The van der Waals surface area contributed by atoms with E-state index in [9.17, 15) is 0 Å². The summed E-state index contributed by atoms with van der Waals surface area (Å²) in [6.07, 6.45) is 4.94. The van der Waals surface area contributed by atoms with Crippen LogP contribution in [0.25, 0.3) is 0 Å². The van der Waals surface area contributed by atoms with E-state index < -0.39 is 0 Å². The van der Waals surface area contributed by atoms with Crippen LogP contribution in [0.5, 0.6) is 5.75 Å². The maximum atomic E-state index is 6.28. The van der Waals surface area contributed by atoms with Crippen LogP contribution in [0.3, 0.4) is 0 Å². The van der Waals surface area contributed by atoms with Crippen molar-refractivity contribution in [3.63, 3.8) is 0 Å². The summed E-state index contributed by atoms with van der Waals surface area (Å²) >= 11 is 0. The Bertz CT molecular complexity index is 474. The Labute approximate surface area is 122 Å². The van der Waals surface area contributed by atoms with Gasteiger partial charge in [0.05, 0.1) is 7.11 Å². The maximum absolute atomic E-state index is 6.28. The van der Waals surface area contributed by atoms with Crippen molar-refractivity contribution >= 4 is 0 Å². The maximum Gasteiger partial charge on any atom is 0.119 e. The molecule has 1 aromatic rings. The first-order valence-electron chi connectivity index (χ1n) is 7.85. The number of methoxy groups -OCH3 is 1. The molecule has 0 spiro atoms. The minimum atomic E-state index is 0.326. The van der Waals surface area contributed by atoms with Crippen LogP contribution in [0, 0.1) is 5.92 Å². The SMILES string of the molecule is COc1ccc2c(c1)CCCC2N1CCC(C)C(N)C1. The Balaban J connectivity index is 1.83. The number of fused-ring (bicyclic) bond motifs is 1. The Kier molecular flexibility index (Phi) is 3.99. The van der Waals surface area contributed by atoms with Crippen molar-refractivity contribution < 1.29 is 4.74 Å². The van der Waals surface area contributed by atoms with E-state index in [-0.39, 0.29) is 0 Å². The van der Waals surface area contributed by atoms with Crippen LogP contribution in [0.4, 0.5) is 0 Å². The summed E-state index contributed by atoms with van der Waals surface area (Å²) in [4.78, 5) is 2.61. The molecule has 0 aromatic heterocycles. The number of ether oxygens (including phenoxy) is 1. The van der Waals surface area contributed by atoms with E-state index in [1.807, 2.05) is 0 Å². The summed E-state index contributed by atoms with van der Waals surface area (Å²) < 4.78 is 5.36. The molecule has 2 N–H and O–H groups in total. The predicted octanol–water partition coefficient (Wildman–Crippen LogP) is 2.74. The van der Waals surface area contributed by atoms with E-state index in [0.29, 0.717) is 18.0 Å². The van der Waals surface area contributed by atoms with Crippen LogP contribution in [0.15, 0.2) is 18.2 Å². The predicted molar refractivity (Wildman–Crippen MR) is 82.0 cm³/mol. The zero-order valence-electron chi connectivity index (χ0n) is 12.6. The number of rotatable bonds is 2. The van der Waals surface area contributed by atoms with Gasteiger partial charge in [-0.15, -0.1) is 0 Å². The molecule has 3 atom stereocenters. The average Bonchev–Trinajstić information content (AvgIpc) is 2.49. The van der Waals surface area contributed by atoms with Crippen molar-refractivity contribution in [3.05, 3.63) is 29.3 Å². The number of benzene rings is 1. The van der Waals surface area contributed by atoms with Crippen molar-refractivity contribution in [3.8, 4) is 5.75 Å². The van der Waals surface area contributed by atoms with Crippen molar-refractivity contribution in [1.29, 1.82) is 0 Å². The first-order valence-corrected chi connectivity index (χ1v) is 7.85. The molecule has 110 valence electrons. The van der Waals surface area contributed by atoms with Gasteiger partial charge in [-0.05, 0) is 61.4 Å². The number of likely N-dealkylation sites (tertiary alicyclic amines) is 1. The third-order valence-corrected chi connectivity index (χ3v) is 5.12. The first kappa shape index (κ1) is 13.9. The minimum absolute atomic E-state index is 0.326. The summed E-state index contributed by atoms with van der Waals surface area (Å²) in [6, 6.07) is 7.47. The highest BCUT2D eigenvalue weighted by Gasteiger charge is 2.31. The van der Waals surface area contributed by atoms with E-state index in [1.54, 1.807) is 7.11 Å². The normalized spacial score (nSPS) is 30.9. The van der Waals surface area contributed by atoms with Crippen molar-refractivity contribution in [2.75, 3.05) is 20.2 Å². The van der Waals surface area contributed by atoms with E-state index >= 15 is 0 Å². The lowest BCUT2D eigenvalue weighted by molar-refractivity contribution is 0.109. The second-order valence-electron chi connectivity index (χ2n) is 6.40. The van der Waals surface area contributed by atoms with Crippen LogP contribution in [-0.4, -0.2) is 31.1 Å². The summed E-state index contributed by atoms with van der Waals surface area (Å²) in [5.41, 5.74) is 9.24. The third-order valence-electron chi connectivity index (χ3n) is 5.12. The molecule has 0 radical (unpaired) electrons. The number of hydrogen-bond donors (Lipinski definition) is 1. The van der Waals surface area contributed by atoms with Crippen LogP contribution in [0.2, 0.25) is 0 Å². The molecule has 3 rings (SSSR count). The summed E-state index contributed by atoms with van der Waals surface area (Å²) in [5, 5.41) is 0. The van der Waals surface area contributed by atoms with Gasteiger partial charge in [0.2, 0.25) is 0 Å². The third kappa shape index (κ3) is 2.57. The second-order valence-corrected chi connectivity index (χ2v) is 6.40. The molecule has 3 unspecified atom stereocenters. The van der Waals surface area contributed by atoms with Gasteiger partial charge in [-0.3, -0.25) is 4.90 Å². The lowest BCUT2D eigenvalue weighted by atomic mass is 9.84. The topological polar surface area (TPSA) is 38.5 Å². The molecule has 2 aliphatic rings. The van der Waals surface area contributed by atoms with Gasteiger partial charge in [0.1, 0.15) is 5.75 Å². The fourth-order valence-corrected chi connectivity index (χ4v) is 3.68. The molecule has 1 aromatic carbocycles. The van der Waals surface area contributed by atoms with E-state index in [4.69, 9.17) is 10.5 Å². The molecule has 3 heteroatoms. The molecule has 1 aliphatic carbocycles. The minimum Gasteiger partial charge on any atom is -0.497 e. The van der Waals surface area contributed by atoms with Crippen LogP contribution in [-0.2, 0) is 6.42 Å². The molecule has 1 fully saturated rings. The molecule has 20 heavy (non-hydrogen) atoms. The average molecular weight is 274 g/mol. The molecule has 1 heterocycles. The Morgan fingerprint density at radius 1 is 1.30 bits per heavy atom. The zero-order chi connectivity index (χ0) is 14.1. The Morgan fingerprint density at radius 2 is 2.15 bits per heavy atom. The van der Waals surface area contributed by atoms with Crippen molar-refractivity contribution in [1.82, 2.24) is 4.90 Å². The van der Waals surface area contributed by atoms with Gasteiger partial charge >= 0.3 is 0 Å². The van der Waals surface area contributed by atoms with Gasteiger partial charge in [-0.1, -0.05) is 13.0 Å². The summed E-state index contributed by atoms with van der Waals surface area (Å²) in [5.74, 6) is 1.64. The number of nitrogens with two attached hydrogens (primary N) is 1. The van der Waals surface area contributed by atoms with Crippen molar-refractivity contribution in [2.24, 2.45) is 11.7 Å². The standard InChI is InChI=1S/C17H26N2O/c1-12-8-9-19(11-16(12)18)17-5-3-4-13-10-14(20-2)6-7-15(13)17/h6-7,10,12,16-17H,3-5,8-9,11,18H2,1-2H3. The number of aryl methyl sites for hydroxylation is 1. The Hall–Kier alpha value is -1.06. The van der Waals surface area contributed by atoms with Gasteiger partial charge in [0.25, 0.3) is 0 Å². The van der Waals surface area contributed by atoms with Gasteiger partial charge in [0.15, 0.2) is 0 Å². The quantitative estimate of drug-likeness (QED) is 0.901. The number of nitrogens with zero attached hydrogens (tertiary/aromatic N) is 1. The highest BCUT2D eigenvalue weighted by molar-refractivity contribution is 5.39. The van der Waals surface area contributed by atoms with E-state index in [1.165, 1.54) is 43.4 Å². The van der Waals surface area contributed by atoms with Crippen LogP contribution < -0.4 is 10.5 Å². The van der Waals surface area contributed by atoms with Gasteiger partial charge in [-0.2, -0.15) is 0 Å². The molecule has 1 saturated heterocycles. The molecular weight excluding hydrogens is 248 g/mol. The fraction of sp³-hybridized carbons (Fsp3) is 0.647. The van der Waals surface area contributed by atoms with Gasteiger partial charge < -0.3 is 10.5 Å².